The topological polar surface area (TPSA) is 111 Å². The lowest BCUT2D eigenvalue weighted by Crippen LogP contribution is -2.29. The van der Waals surface area contributed by atoms with Gasteiger partial charge in [-0.05, 0) is 42.7 Å². The fourth-order valence-electron chi connectivity index (χ4n) is 4.50. The molecule has 0 aliphatic carbocycles. The van der Waals surface area contributed by atoms with Crippen LogP contribution in [-0.4, -0.2) is 41.8 Å². The first kappa shape index (κ1) is 27.2. The largest absolute Gasteiger partial charge is 0.493 e. The summed E-state index contributed by atoms with van der Waals surface area (Å²) in [6, 6.07) is 18.6. The van der Waals surface area contributed by atoms with Gasteiger partial charge in [0.25, 0.3) is 5.56 Å². The molecule has 2 heterocycles. The molecule has 1 unspecified atom stereocenters. The van der Waals surface area contributed by atoms with Crippen molar-refractivity contribution in [2.45, 2.75) is 48.9 Å². The quantitative estimate of drug-likeness (QED) is 0.314. The van der Waals surface area contributed by atoms with Crippen molar-refractivity contribution in [3.05, 3.63) is 100 Å². The van der Waals surface area contributed by atoms with E-state index >= 15 is 0 Å². The first-order valence-corrected chi connectivity index (χ1v) is 13.9. The highest BCUT2D eigenvalue weighted by Crippen LogP contribution is 2.33. The molecule has 4 rings (SSSR count). The van der Waals surface area contributed by atoms with Crippen molar-refractivity contribution in [2.24, 2.45) is 0 Å². The summed E-state index contributed by atoms with van der Waals surface area (Å²) in [5, 5.41) is 11.5. The smallest absolute Gasteiger partial charge is 0.296 e. The highest BCUT2D eigenvalue weighted by molar-refractivity contribution is 7.91. The fourth-order valence-corrected chi connectivity index (χ4v) is 5.84. The Morgan fingerprint density at radius 2 is 1.74 bits per heavy atom. The third-order valence-corrected chi connectivity index (χ3v) is 8.25. The Balaban J connectivity index is 1.87. The number of aromatic hydroxyl groups is 1. The standard InChI is InChI=1S/C29H31N3O5S/c1-4-5-13-26-31-28(33)27(29(34)32(26)25(19-37-3)22-10-7-6-8-11-22)38(35,36)23-16-14-21(15-17-23)24-12-9-18-30-20(24)2/h6-12,14-18,25,34H,4-5,13,19H2,1-3H3. The Bertz CT molecular complexity index is 1570. The van der Waals surface area contributed by atoms with Gasteiger partial charge in [0.1, 0.15) is 5.82 Å². The number of aryl methyl sites for hydroxylation is 2. The molecule has 0 aliphatic rings. The molecular formula is C29H31N3O5S. The van der Waals surface area contributed by atoms with E-state index in [4.69, 9.17) is 4.74 Å². The number of rotatable bonds is 10. The van der Waals surface area contributed by atoms with E-state index < -0.39 is 32.2 Å². The average molecular weight is 534 g/mol. The Kier molecular flexibility index (Phi) is 8.38. The predicted molar refractivity (Wildman–Crippen MR) is 145 cm³/mol. The van der Waals surface area contributed by atoms with E-state index in [2.05, 4.69) is 9.97 Å². The van der Waals surface area contributed by atoms with Gasteiger partial charge in [0.2, 0.25) is 15.7 Å². The van der Waals surface area contributed by atoms with Crippen LogP contribution in [0.4, 0.5) is 0 Å². The molecule has 0 saturated heterocycles. The van der Waals surface area contributed by atoms with Crippen LogP contribution >= 0.6 is 0 Å². The zero-order chi connectivity index (χ0) is 27.3. The van der Waals surface area contributed by atoms with Gasteiger partial charge in [0.05, 0.1) is 17.5 Å². The Hall–Kier alpha value is -3.82. The lowest BCUT2D eigenvalue weighted by atomic mass is 10.1. The lowest BCUT2D eigenvalue weighted by Gasteiger charge is -2.25. The van der Waals surface area contributed by atoms with Crippen molar-refractivity contribution in [2.75, 3.05) is 13.7 Å². The first-order chi connectivity index (χ1) is 18.3. The molecule has 8 nitrogen and oxygen atoms in total. The van der Waals surface area contributed by atoms with Crippen LogP contribution in [0.1, 0.15) is 42.9 Å². The van der Waals surface area contributed by atoms with E-state index in [9.17, 15) is 18.3 Å². The van der Waals surface area contributed by atoms with Crippen LogP contribution in [0, 0.1) is 6.92 Å². The third-order valence-electron chi connectivity index (χ3n) is 6.46. The number of hydrogen-bond donors (Lipinski definition) is 1. The number of aromatic nitrogens is 3. The minimum Gasteiger partial charge on any atom is -0.493 e. The molecule has 38 heavy (non-hydrogen) atoms. The molecule has 0 spiro atoms. The Labute approximate surface area is 222 Å². The highest BCUT2D eigenvalue weighted by Gasteiger charge is 2.32. The third kappa shape index (κ3) is 5.39. The molecule has 0 amide bonds. The first-order valence-electron chi connectivity index (χ1n) is 12.4. The minimum absolute atomic E-state index is 0.118. The van der Waals surface area contributed by atoms with E-state index in [1.54, 1.807) is 18.3 Å². The summed E-state index contributed by atoms with van der Waals surface area (Å²) in [7, 11) is -2.88. The van der Waals surface area contributed by atoms with Crippen LogP contribution in [0.15, 0.2) is 87.5 Å². The average Bonchev–Trinajstić information content (AvgIpc) is 2.91. The summed E-state index contributed by atoms with van der Waals surface area (Å²) in [6.45, 7) is 4.01. The molecule has 1 atom stereocenters. The number of sulfone groups is 1. The number of nitrogens with zero attached hydrogens (tertiary/aromatic N) is 3. The fraction of sp³-hybridized carbons (Fsp3) is 0.276. The van der Waals surface area contributed by atoms with Gasteiger partial charge in [-0.3, -0.25) is 14.3 Å². The van der Waals surface area contributed by atoms with Crippen LogP contribution in [0.2, 0.25) is 0 Å². The molecule has 2 aromatic heterocycles. The van der Waals surface area contributed by atoms with E-state index in [-0.39, 0.29) is 11.5 Å². The van der Waals surface area contributed by atoms with Crippen molar-refractivity contribution in [3.63, 3.8) is 0 Å². The number of hydrogen-bond acceptors (Lipinski definition) is 7. The van der Waals surface area contributed by atoms with Crippen molar-refractivity contribution in [1.82, 2.24) is 14.5 Å². The summed E-state index contributed by atoms with van der Waals surface area (Å²) < 4.78 is 34.3. The minimum atomic E-state index is -4.40. The van der Waals surface area contributed by atoms with E-state index in [0.29, 0.717) is 18.7 Å². The van der Waals surface area contributed by atoms with Crippen LogP contribution in [0.5, 0.6) is 5.88 Å². The van der Waals surface area contributed by atoms with Gasteiger partial charge >= 0.3 is 0 Å². The molecule has 2 aromatic carbocycles. The van der Waals surface area contributed by atoms with Crippen LogP contribution < -0.4 is 5.56 Å². The van der Waals surface area contributed by atoms with Gasteiger partial charge in [-0.1, -0.05) is 61.9 Å². The molecule has 1 N–H and O–H groups in total. The molecule has 0 radical (unpaired) electrons. The number of pyridine rings is 1. The summed E-state index contributed by atoms with van der Waals surface area (Å²) in [6.07, 6.45) is 3.63. The number of unbranched alkanes of at least 4 members (excludes halogenated alkanes) is 1. The van der Waals surface area contributed by atoms with Crippen molar-refractivity contribution in [1.29, 1.82) is 0 Å². The second kappa shape index (κ2) is 11.7. The number of ether oxygens (including phenoxy) is 1. The summed E-state index contributed by atoms with van der Waals surface area (Å²) in [4.78, 5) is 20.7. The molecule has 9 heteroatoms. The molecule has 0 fully saturated rings. The van der Waals surface area contributed by atoms with E-state index in [0.717, 1.165) is 28.8 Å². The van der Waals surface area contributed by atoms with Crippen LogP contribution in [0.3, 0.4) is 0 Å². The summed E-state index contributed by atoms with van der Waals surface area (Å²) in [5.41, 5.74) is 2.26. The van der Waals surface area contributed by atoms with Crippen LogP contribution in [0.25, 0.3) is 11.1 Å². The zero-order valence-electron chi connectivity index (χ0n) is 21.7. The second-order valence-corrected chi connectivity index (χ2v) is 10.9. The van der Waals surface area contributed by atoms with Crippen molar-refractivity contribution < 1.29 is 18.3 Å². The maximum atomic E-state index is 13.7. The van der Waals surface area contributed by atoms with E-state index in [1.165, 1.54) is 23.8 Å². The molecule has 0 bridgehead atoms. The van der Waals surface area contributed by atoms with Crippen LogP contribution in [-0.2, 0) is 21.0 Å². The Morgan fingerprint density at radius 3 is 2.37 bits per heavy atom. The second-order valence-electron chi connectivity index (χ2n) is 9.01. The molecule has 0 aliphatic heterocycles. The zero-order valence-corrected chi connectivity index (χ0v) is 22.5. The molecular weight excluding hydrogens is 502 g/mol. The van der Waals surface area contributed by atoms with Gasteiger partial charge < -0.3 is 9.84 Å². The van der Waals surface area contributed by atoms with Gasteiger partial charge in [0, 0.05) is 31.0 Å². The maximum absolute atomic E-state index is 13.7. The van der Waals surface area contributed by atoms with Gasteiger partial charge in [-0.15, -0.1) is 0 Å². The Morgan fingerprint density at radius 1 is 1.03 bits per heavy atom. The van der Waals surface area contributed by atoms with Gasteiger partial charge in [-0.25, -0.2) is 8.42 Å². The maximum Gasteiger partial charge on any atom is 0.296 e. The number of methoxy groups -OCH3 is 1. The molecule has 4 aromatic rings. The normalized spacial score (nSPS) is 12.4. The summed E-state index contributed by atoms with van der Waals surface area (Å²) in [5.74, 6) is -0.337. The molecule has 0 saturated carbocycles. The SMILES string of the molecule is CCCCc1nc(=O)c(S(=O)(=O)c2ccc(-c3cccnc3C)cc2)c(O)n1C(COC)c1ccccc1. The predicted octanol–water partition coefficient (Wildman–Crippen LogP) is 4.73. The van der Waals surface area contributed by atoms with Crippen molar-refractivity contribution in [3.8, 4) is 17.0 Å². The highest BCUT2D eigenvalue weighted by atomic mass is 32.2. The van der Waals surface area contributed by atoms with E-state index in [1.807, 2.05) is 56.3 Å². The lowest BCUT2D eigenvalue weighted by molar-refractivity contribution is 0.161. The summed E-state index contributed by atoms with van der Waals surface area (Å²) >= 11 is 0. The van der Waals surface area contributed by atoms with Gasteiger partial charge in [-0.2, -0.15) is 4.98 Å². The van der Waals surface area contributed by atoms with Crippen molar-refractivity contribution >= 4 is 9.84 Å². The number of benzene rings is 2. The monoisotopic (exact) mass is 533 g/mol. The van der Waals surface area contributed by atoms with Gasteiger partial charge in [0.15, 0.2) is 4.90 Å². The molecule has 198 valence electrons.